The summed E-state index contributed by atoms with van der Waals surface area (Å²) in [4.78, 5) is 37.9. The Hall–Kier alpha value is -3.44. The molecule has 0 unspecified atom stereocenters. The molecule has 2 aliphatic heterocycles. The normalized spacial score (nSPS) is 20.2. The number of hydrogen-bond donors (Lipinski definition) is 2. The maximum absolute atomic E-state index is 12.6. The maximum Gasteiger partial charge on any atom is 0.416 e. The number of ether oxygens (including phenoxy) is 2. The number of carboxylic acid groups (broad SMARTS) is 1. The van der Waals surface area contributed by atoms with Crippen molar-refractivity contribution in [2.45, 2.75) is 65.0 Å². The van der Waals surface area contributed by atoms with Crippen LogP contribution in [-0.2, 0) is 16.0 Å². The van der Waals surface area contributed by atoms with Crippen LogP contribution < -0.4 is 10.2 Å². The van der Waals surface area contributed by atoms with E-state index in [1.807, 2.05) is 34.6 Å². The third kappa shape index (κ3) is 6.90. The van der Waals surface area contributed by atoms with Crippen molar-refractivity contribution >= 4 is 24.0 Å². The lowest BCUT2D eigenvalue weighted by molar-refractivity contribution is -0.0618. The van der Waals surface area contributed by atoms with E-state index in [0.29, 0.717) is 24.9 Å². The van der Waals surface area contributed by atoms with Crippen LogP contribution in [0.4, 0.5) is 21.4 Å². The van der Waals surface area contributed by atoms with E-state index >= 15 is 0 Å². The zero-order valence-corrected chi connectivity index (χ0v) is 22.8. The molecule has 2 fully saturated rings. The molecule has 1 aromatic heterocycles. The van der Waals surface area contributed by atoms with E-state index in [-0.39, 0.29) is 30.4 Å². The molecule has 0 aliphatic carbocycles. The zero-order valence-electron chi connectivity index (χ0n) is 22.8. The minimum absolute atomic E-state index is 0.0668. The van der Waals surface area contributed by atoms with Crippen LogP contribution in [-0.4, -0.2) is 87.6 Å². The average Bonchev–Trinajstić information content (AvgIpc) is 3.25. The van der Waals surface area contributed by atoms with Crippen molar-refractivity contribution in [3.05, 3.63) is 47.7 Å². The molecular formula is C27H38N6O5. The first kappa shape index (κ1) is 27.6. The van der Waals surface area contributed by atoms with E-state index in [2.05, 4.69) is 44.5 Å². The predicted molar refractivity (Wildman–Crippen MR) is 143 cm³/mol. The Morgan fingerprint density at radius 2 is 1.84 bits per heavy atom. The minimum atomic E-state index is -0.853. The highest BCUT2D eigenvalue weighted by atomic mass is 16.6. The number of amides is 2. The van der Waals surface area contributed by atoms with E-state index in [0.717, 1.165) is 25.2 Å². The van der Waals surface area contributed by atoms with Crippen LogP contribution in [0.25, 0.3) is 0 Å². The van der Waals surface area contributed by atoms with E-state index in [1.54, 1.807) is 17.2 Å². The summed E-state index contributed by atoms with van der Waals surface area (Å²) < 4.78 is 11.4. The molecule has 2 aromatic rings. The first-order chi connectivity index (χ1) is 18.0. The van der Waals surface area contributed by atoms with E-state index in [4.69, 9.17) is 14.6 Å². The molecule has 0 radical (unpaired) electrons. The summed E-state index contributed by atoms with van der Waals surface area (Å²) in [7, 11) is 0. The Bertz CT molecular complexity index is 1110. The summed E-state index contributed by atoms with van der Waals surface area (Å²) in [6.07, 6.45) is 0.0836. The van der Waals surface area contributed by atoms with Crippen LogP contribution in [0.15, 0.2) is 36.5 Å². The van der Waals surface area contributed by atoms with Gasteiger partial charge in [-0.25, -0.2) is 14.6 Å². The lowest BCUT2D eigenvalue weighted by Gasteiger charge is -2.33. The number of anilines is 2. The van der Waals surface area contributed by atoms with Gasteiger partial charge >= 0.3 is 12.2 Å². The molecule has 3 heterocycles. The number of aromatic nitrogens is 2. The number of nitrogens with zero attached hydrogens (tertiary/aromatic N) is 5. The summed E-state index contributed by atoms with van der Waals surface area (Å²) in [6.45, 7) is 13.5. The van der Waals surface area contributed by atoms with Crippen LogP contribution in [0, 0.1) is 0 Å². The number of hydrogen-bond acceptors (Lipinski definition) is 8. The Balaban J connectivity index is 1.37. The first-order valence-electron chi connectivity index (χ1n) is 13.0. The van der Waals surface area contributed by atoms with E-state index < -0.39 is 12.2 Å². The van der Waals surface area contributed by atoms with Gasteiger partial charge in [-0.15, -0.1) is 0 Å². The molecule has 11 heteroatoms. The number of carbonyl (C=O) groups excluding carboxylic acids is 1. The number of rotatable bonds is 8. The SMILES string of the molecule is C[C@H](Nc1nccc(N2C(=O)OC[C@@H]2[C@@H](C)OC(C)(C)C)n1)c1ccc(CN2CCN(C(=O)O)CC2)cc1. The quantitative estimate of drug-likeness (QED) is 0.526. The van der Waals surface area contributed by atoms with Crippen LogP contribution in [0.1, 0.15) is 51.8 Å². The largest absolute Gasteiger partial charge is 0.465 e. The zero-order chi connectivity index (χ0) is 27.4. The van der Waals surface area contributed by atoms with Crippen molar-refractivity contribution < 1.29 is 24.2 Å². The number of nitrogens with one attached hydrogen (secondary N) is 1. The monoisotopic (exact) mass is 526 g/mol. The standard InChI is InChI=1S/C27H38N6O5/c1-18(21-8-6-20(7-9-21)16-31-12-14-32(15-13-31)25(34)35)29-24-28-11-10-23(30-24)33-22(17-37-26(33)36)19(2)38-27(3,4)5/h6-11,18-19,22H,12-17H2,1-5H3,(H,34,35)(H,28,29,30)/t18-,19+,22+/m0/s1. The van der Waals surface area contributed by atoms with Gasteiger partial charge < -0.3 is 24.8 Å². The number of piperazine rings is 1. The fourth-order valence-corrected chi connectivity index (χ4v) is 4.78. The third-order valence-electron chi connectivity index (χ3n) is 6.75. The van der Waals surface area contributed by atoms with Gasteiger partial charge in [-0.3, -0.25) is 9.80 Å². The Kier molecular flexibility index (Phi) is 8.37. The summed E-state index contributed by atoms with van der Waals surface area (Å²) in [5.41, 5.74) is 1.90. The van der Waals surface area contributed by atoms with Gasteiger partial charge in [0.25, 0.3) is 0 Å². The molecule has 11 nitrogen and oxygen atoms in total. The fourth-order valence-electron chi connectivity index (χ4n) is 4.78. The van der Waals surface area contributed by atoms with Crippen LogP contribution >= 0.6 is 0 Å². The lowest BCUT2D eigenvalue weighted by atomic mass is 10.1. The van der Waals surface area contributed by atoms with Crippen molar-refractivity contribution in [2.75, 3.05) is 43.0 Å². The lowest BCUT2D eigenvalue weighted by Crippen LogP contribution is -2.47. The van der Waals surface area contributed by atoms with Crippen molar-refractivity contribution in [3.8, 4) is 0 Å². The molecule has 2 amide bonds. The molecule has 1 aromatic carbocycles. The topological polar surface area (TPSA) is 120 Å². The molecule has 2 saturated heterocycles. The van der Waals surface area contributed by atoms with Crippen LogP contribution in [0.2, 0.25) is 0 Å². The van der Waals surface area contributed by atoms with Gasteiger partial charge in [0.1, 0.15) is 18.5 Å². The van der Waals surface area contributed by atoms with Gasteiger partial charge in [-0.2, -0.15) is 4.98 Å². The first-order valence-corrected chi connectivity index (χ1v) is 13.0. The molecule has 38 heavy (non-hydrogen) atoms. The fraction of sp³-hybridized carbons (Fsp3) is 0.556. The average molecular weight is 527 g/mol. The highest BCUT2D eigenvalue weighted by Gasteiger charge is 2.40. The number of benzene rings is 1. The highest BCUT2D eigenvalue weighted by Crippen LogP contribution is 2.27. The Morgan fingerprint density at radius 3 is 2.47 bits per heavy atom. The summed E-state index contributed by atoms with van der Waals surface area (Å²) in [5.74, 6) is 0.878. The molecule has 0 saturated carbocycles. The van der Waals surface area contributed by atoms with Crippen molar-refractivity contribution in [3.63, 3.8) is 0 Å². The third-order valence-corrected chi connectivity index (χ3v) is 6.75. The van der Waals surface area contributed by atoms with Gasteiger partial charge in [-0.05, 0) is 51.8 Å². The predicted octanol–water partition coefficient (Wildman–Crippen LogP) is 3.97. The second-order valence-electron chi connectivity index (χ2n) is 10.8. The van der Waals surface area contributed by atoms with Crippen molar-refractivity contribution in [1.82, 2.24) is 19.8 Å². The van der Waals surface area contributed by atoms with Gasteiger partial charge in [-0.1, -0.05) is 24.3 Å². The molecule has 206 valence electrons. The van der Waals surface area contributed by atoms with E-state index in [1.165, 1.54) is 10.5 Å². The maximum atomic E-state index is 12.6. The molecule has 2 N–H and O–H groups in total. The molecular weight excluding hydrogens is 488 g/mol. The second-order valence-corrected chi connectivity index (χ2v) is 10.8. The van der Waals surface area contributed by atoms with Gasteiger partial charge in [0.05, 0.1) is 17.7 Å². The molecule has 0 spiro atoms. The highest BCUT2D eigenvalue weighted by molar-refractivity contribution is 5.89. The second kappa shape index (κ2) is 11.5. The van der Waals surface area contributed by atoms with Crippen molar-refractivity contribution in [1.29, 1.82) is 0 Å². The van der Waals surface area contributed by atoms with Gasteiger partial charge in [0.15, 0.2) is 0 Å². The summed E-state index contributed by atoms with van der Waals surface area (Å²) in [5, 5.41) is 12.5. The van der Waals surface area contributed by atoms with Crippen LogP contribution in [0.5, 0.6) is 0 Å². The Labute approximate surface area is 223 Å². The molecule has 2 aliphatic rings. The van der Waals surface area contributed by atoms with Crippen molar-refractivity contribution in [2.24, 2.45) is 0 Å². The minimum Gasteiger partial charge on any atom is -0.465 e. The van der Waals surface area contributed by atoms with E-state index in [9.17, 15) is 9.59 Å². The molecule has 4 rings (SSSR count). The van der Waals surface area contributed by atoms with Gasteiger partial charge in [0.2, 0.25) is 5.95 Å². The smallest absolute Gasteiger partial charge is 0.416 e. The molecule has 3 atom stereocenters. The summed E-state index contributed by atoms with van der Waals surface area (Å²) >= 11 is 0. The van der Waals surface area contributed by atoms with Gasteiger partial charge in [0, 0.05) is 38.9 Å². The number of carbonyl (C=O) groups is 2. The number of cyclic esters (lactones) is 1. The Morgan fingerprint density at radius 1 is 1.16 bits per heavy atom. The summed E-state index contributed by atoms with van der Waals surface area (Å²) in [6, 6.07) is 9.67. The van der Waals surface area contributed by atoms with Crippen LogP contribution in [0.3, 0.4) is 0 Å². The molecule has 0 bridgehead atoms.